The number of halogens is 1. The van der Waals surface area contributed by atoms with Gasteiger partial charge in [-0.3, -0.25) is 9.78 Å². The molecule has 0 aliphatic heterocycles. The van der Waals surface area contributed by atoms with Gasteiger partial charge in [-0.2, -0.15) is 0 Å². The molecule has 2 aliphatic carbocycles. The summed E-state index contributed by atoms with van der Waals surface area (Å²) in [6, 6.07) is 14.9. The Morgan fingerprint density at radius 1 is 1.15 bits per heavy atom. The average molecular weight is 446 g/mol. The summed E-state index contributed by atoms with van der Waals surface area (Å²) in [5.74, 6) is -0.253. The van der Waals surface area contributed by atoms with Gasteiger partial charge in [0.15, 0.2) is 0 Å². The fraction of sp³-hybridized carbons (Fsp3) is 0.357. The Morgan fingerprint density at radius 2 is 1.97 bits per heavy atom. The number of carboxylic acid groups (broad SMARTS) is 1. The molecule has 2 aromatic carbocycles. The molecule has 0 unspecified atom stereocenters. The van der Waals surface area contributed by atoms with E-state index in [0.717, 1.165) is 53.7 Å². The zero-order valence-corrected chi connectivity index (χ0v) is 18.9. The van der Waals surface area contributed by atoms with Crippen LogP contribution in [0.2, 0.25) is 0 Å². The van der Waals surface area contributed by atoms with Crippen LogP contribution in [0.3, 0.4) is 0 Å². The highest BCUT2D eigenvalue weighted by atomic mass is 19.1. The lowest BCUT2D eigenvalue weighted by Crippen LogP contribution is -2.20. The summed E-state index contributed by atoms with van der Waals surface area (Å²) in [6.45, 7) is 3.74. The maximum atomic E-state index is 14.3. The lowest BCUT2D eigenvalue weighted by atomic mass is 9.83. The van der Waals surface area contributed by atoms with Crippen LogP contribution in [-0.4, -0.2) is 16.1 Å². The van der Waals surface area contributed by atoms with Crippen LogP contribution in [-0.2, 0) is 11.2 Å². The molecular weight excluding hydrogens is 417 g/mol. The van der Waals surface area contributed by atoms with E-state index in [-0.39, 0.29) is 17.8 Å². The molecule has 3 aromatic rings. The van der Waals surface area contributed by atoms with Gasteiger partial charge in [-0.15, -0.1) is 0 Å². The van der Waals surface area contributed by atoms with E-state index < -0.39 is 11.9 Å². The second-order valence-corrected chi connectivity index (χ2v) is 9.46. The van der Waals surface area contributed by atoms with Gasteiger partial charge in [-0.1, -0.05) is 30.7 Å². The summed E-state index contributed by atoms with van der Waals surface area (Å²) in [4.78, 5) is 16.2. The van der Waals surface area contributed by atoms with Gasteiger partial charge in [-0.05, 0) is 85.9 Å². The Labute approximate surface area is 193 Å². The molecule has 1 fully saturated rings. The zero-order valence-electron chi connectivity index (χ0n) is 18.9. The first-order valence-electron chi connectivity index (χ1n) is 11.7. The van der Waals surface area contributed by atoms with Crippen molar-refractivity contribution in [3.05, 3.63) is 82.8 Å². The molecule has 1 N–H and O–H groups in total. The minimum atomic E-state index is -0.755. The van der Waals surface area contributed by atoms with Crippen LogP contribution in [0, 0.1) is 24.6 Å². The number of hydrogen-bond donors (Lipinski definition) is 1. The summed E-state index contributed by atoms with van der Waals surface area (Å²) in [5.41, 5.74) is 5.37. The van der Waals surface area contributed by atoms with Gasteiger partial charge in [0, 0.05) is 17.3 Å². The van der Waals surface area contributed by atoms with E-state index >= 15 is 0 Å². The van der Waals surface area contributed by atoms with Crippen LogP contribution in [0.15, 0.2) is 54.7 Å². The summed E-state index contributed by atoms with van der Waals surface area (Å²) in [6.07, 6.45) is 5.54. The molecule has 2 aliphatic rings. The number of carboxylic acids is 1. The van der Waals surface area contributed by atoms with Crippen molar-refractivity contribution >= 4 is 5.97 Å². The van der Waals surface area contributed by atoms with Crippen molar-refractivity contribution in [2.24, 2.45) is 11.8 Å². The Bertz CT molecular complexity index is 1200. The third-order valence-electron chi connectivity index (χ3n) is 7.02. The van der Waals surface area contributed by atoms with E-state index in [1.165, 1.54) is 6.07 Å². The number of fused-ring (bicyclic) bond motifs is 1. The number of carbonyl (C=O) groups is 1. The van der Waals surface area contributed by atoms with E-state index in [1.807, 2.05) is 49.5 Å². The number of ether oxygens (including phenoxy) is 1. The number of hydrogen-bond acceptors (Lipinski definition) is 3. The van der Waals surface area contributed by atoms with Crippen LogP contribution in [0.5, 0.6) is 5.75 Å². The van der Waals surface area contributed by atoms with Crippen molar-refractivity contribution in [1.29, 1.82) is 0 Å². The lowest BCUT2D eigenvalue weighted by molar-refractivity contribution is -0.142. The third kappa shape index (κ3) is 4.37. The Hall–Kier alpha value is -3.21. The SMILES string of the molecule is Cc1ccc(F)c(-c2cc3c(cn2)[C@H](Oc2cccc([C@H](C4CC4)[C@H](C)C(=O)O)c2)CC3)c1. The fourth-order valence-electron chi connectivity index (χ4n) is 5.10. The van der Waals surface area contributed by atoms with Crippen molar-refractivity contribution < 1.29 is 19.0 Å². The number of aryl methyl sites for hydroxylation is 2. The lowest BCUT2D eigenvalue weighted by Gasteiger charge is -2.22. The maximum absolute atomic E-state index is 14.3. The molecule has 0 radical (unpaired) electrons. The third-order valence-corrected chi connectivity index (χ3v) is 7.02. The van der Waals surface area contributed by atoms with E-state index in [0.29, 0.717) is 17.2 Å². The normalized spacial score (nSPS) is 19.1. The number of pyridine rings is 1. The maximum Gasteiger partial charge on any atom is 0.306 e. The number of benzene rings is 2. The Kier molecular flexibility index (Phi) is 5.65. The van der Waals surface area contributed by atoms with Crippen molar-refractivity contribution in [3.8, 4) is 17.0 Å². The van der Waals surface area contributed by atoms with E-state index in [2.05, 4.69) is 4.98 Å². The summed E-state index contributed by atoms with van der Waals surface area (Å²) in [7, 11) is 0. The molecule has 4 nitrogen and oxygen atoms in total. The molecule has 0 amide bonds. The smallest absolute Gasteiger partial charge is 0.306 e. The summed E-state index contributed by atoms with van der Waals surface area (Å²) in [5, 5.41) is 9.57. The van der Waals surface area contributed by atoms with Crippen molar-refractivity contribution in [3.63, 3.8) is 0 Å². The standard InChI is InChI=1S/C28H28FNO3/c1-16-6-10-24(29)22(12-16)25-14-19-9-11-26(23(19)15-30-25)33-21-5-3-4-20(13-21)27(18-7-8-18)17(2)28(31)32/h3-6,10,12-15,17-18,26-27H,7-9,11H2,1-2H3,(H,31,32)/t17-,26+,27-/m0/s1. The molecule has 1 aromatic heterocycles. The first-order valence-corrected chi connectivity index (χ1v) is 11.7. The summed E-state index contributed by atoms with van der Waals surface area (Å²) < 4.78 is 20.7. The van der Waals surface area contributed by atoms with Crippen molar-refractivity contribution in [2.75, 3.05) is 0 Å². The Morgan fingerprint density at radius 3 is 2.73 bits per heavy atom. The molecule has 5 rings (SSSR count). The first kappa shape index (κ1) is 21.6. The molecule has 3 atom stereocenters. The van der Waals surface area contributed by atoms with Crippen LogP contribution in [0.25, 0.3) is 11.3 Å². The minimum Gasteiger partial charge on any atom is -0.486 e. The van der Waals surface area contributed by atoms with Gasteiger partial charge < -0.3 is 9.84 Å². The minimum absolute atomic E-state index is 0.00960. The predicted octanol–water partition coefficient (Wildman–Crippen LogP) is 6.48. The second kappa shape index (κ2) is 8.62. The van der Waals surface area contributed by atoms with Crippen molar-refractivity contribution in [1.82, 2.24) is 4.98 Å². The van der Waals surface area contributed by atoms with Crippen molar-refractivity contribution in [2.45, 2.75) is 51.6 Å². The molecule has 1 saturated carbocycles. The van der Waals surface area contributed by atoms with E-state index in [1.54, 1.807) is 13.0 Å². The van der Waals surface area contributed by atoms with Gasteiger partial charge in [0.25, 0.3) is 0 Å². The molecule has 5 heteroatoms. The number of nitrogens with zero attached hydrogens (tertiary/aromatic N) is 1. The molecule has 33 heavy (non-hydrogen) atoms. The Balaban J connectivity index is 1.37. The molecule has 1 heterocycles. The van der Waals surface area contributed by atoms with Gasteiger partial charge in [-0.25, -0.2) is 4.39 Å². The highest BCUT2D eigenvalue weighted by Gasteiger charge is 2.38. The molecule has 0 saturated heterocycles. The van der Waals surface area contributed by atoms with Gasteiger partial charge in [0.05, 0.1) is 11.6 Å². The quantitative estimate of drug-likeness (QED) is 0.452. The van der Waals surface area contributed by atoms with Gasteiger partial charge in [0.2, 0.25) is 0 Å². The first-order chi connectivity index (χ1) is 15.9. The second-order valence-electron chi connectivity index (χ2n) is 9.46. The number of aromatic nitrogens is 1. The van der Waals surface area contributed by atoms with E-state index in [4.69, 9.17) is 4.74 Å². The van der Waals surface area contributed by atoms with Crippen LogP contribution < -0.4 is 4.74 Å². The average Bonchev–Trinajstić information content (AvgIpc) is 3.56. The molecule has 170 valence electrons. The number of aliphatic carboxylic acids is 1. The summed E-state index contributed by atoms with van der Waals surface area (Å²) >= 11 is 0. The topological polar surface area (TPSA) is 59.4 Å². The van der Waals surface area contributed by atoms with Crippen LogP contribution in [0.1, 0.15) is 60.5 Å². The number of rotatable bonds is 7. The van der Waals surface area contributed by atoms with Gasteiger partial charge in [0.1, 0.15) is 17.7 Å². The highest BCUT2D eigenvalue weighted by molar-refractivity contribution is 5.71. The van der Waals surface area contributed by atoms with Crippen LogP contribution in [0.4, 0.5) is 4.39 Å². The molecule has 0 spiro atoms. The molecular formula is C28H28FNO3. The predicted molar refractivity (Wildman–Crippen MR) is 125 cm³/mol. The zero-order chi connectivity index (χ0) is 23.1. The van der Waals surface area contributed by atoms with Gasteiger partial charge >= 0.3 is 5.97 Å². The largest absolute Gasteiger partial charge is 0.486 e. The highest BCUT2D eigenvalue weighted by Crippen LogP contribution is 2.47. The molecule has 0 bridgehead atoms. The monoisotopic (exact) mass is 445 g/mol. The fourth-order valence-corrected chi connectivity index (χ4v) is 5.10. The van der Waals surface area contributed by atoms with E-state index in [9.17, 15) is 14.3 Å². The van der Waals surface area contributed by atoms with Crippen LogP contribution >= 0.6 is 0 Å².